The van der Waals surface area contributed by atoms with E-state index in [4.69, 9.17) is 9.47 Å². The van der Waals surface area contributed by atoms with Gasteiger partial charge in [0.1, 0.15) is 0 Å². The van der Waals surface area contributed by atoms with Crippen molar-refractivity contribution < 1.29 is 19.1 Å². The van der Waals surface area contributed by atoms with Crippen molar-refractivity contribution >= 4 is 12.2 Å². The summed E-state index contributed by atoms with van der Waals surface area (Å²) in [6.07, 6.45) is 0.224. The average Bonchev–Trinajstić information content (AvgIpc) is 2.45. The van der Waals surface area contributed by atoms with Crippen LogP contribution in [-0.4, -0.2) is 35.4 Å². The minimum Gasteiger partial charge on any atom is -0.449 e. The number of pyridine rings is 1. The molecule has 0 saturated carbocycles. The van der Waals surface area contributed by atoms with Crippen molar-refractivity contribution in [3.8, 4) is 0 Å². The first kappa shape index (κ1) is 15.7. The highest BCUT2D eigenvalue weighted by atomic mass is 16.6. The van der Waals surface area contributed by atoms with Crippen molar-refractivity contribution in [1.29, 1.82) is 0 Å². The van der Waals surface area contributed by atoms with Gasteiger partial charge in [0.2, 0.25) is 0 Å². The lowest BCUT2D eigenvalue weighted by Crippen LogP contribution is -2.48. The Morgan fingerprint density at radius 3 is 2.55 bits per heavy atom. The molecule has 0 saturated heterocycles. The predicted octanol–water partition coefficient (Wildman–Crippen LogP) is 2.26. The average molecular weight is 281 g/mol. The summed E-state index contributed by atoms with van der Waals surface area (Å²) in [6, 6.07) is 4.83. The van der Waals surface area contributed by atoms with Gasteiger partial charge < -0.3 is 9.47 Å². The molecule has 0 aliphatic rings. The van der Waals surface area contributed by atoms with Gasteiger partial charge in [-0.25, -0.2) is 20.0 Å². The Morgan fingerprint density at radius 1 is 1.30 bits per heavy atom. The van der Waals surface area contributed by atoms with Gasteiger partial charge >= 0.3 is 12.2 Å². The van der Waals surface area contributed by atoms with Crippen molar-refractivity contribution in [2.75, 3.05) is 13.2 Å². The van der Waals surface area contributed by atoms with E-state index in [9.17, 15) is 9.59 Å². The van der Waals surface area contributed by atoms with Gasteiger partial charge in [0, 0.05) is 6.20 Å². The maximum atomic E-state index is 11.9. The molecule has 7 heteroatoms. The Balaban J connectivity index is 2.86. The molecule has 0 bridgehead atoms. The molecule has 0 fully saturated rings. The summed E-state index contributed by atoms with van der Waals surface area (Å²) in [5, 5.41) is 1.06. The van der Waals surface area contributed by atoms with Gasteiger partial charge in [-0.3, -0.25) is 4.98 Å². The van der Waals surface area contributed by atoms with Crippen LogP contribution in [0.3, 0.4) is 0 Å². The first-order valence-corrected chi connectivity index (χ1v) is 6.40. The Labute approximate surface area is 117 Å². The molecule has 1 atom stereocenters. The number of hydrazine groups is 1. The monoisotopic (exact) mass is 281 g/mol. The second kappa shape index (κ2) is 7.98. The highest BCUT2D eigenvalue weighted by Gasteiger charge is 2.26. The molecule has 2 amide bonds. The molecule has 1 aromatic rings. The standard InChI is InChI=1S/C13H19N3O4/c1-4-19-12(17)15-16(13(18)20-5-2)10(3)11-8-6-7-9-14-11/h6-10H,4-5H2,1-3H3,(H,15,17). The number of hydrogen-bond donors (Lipinski definition) is 1. The first-order valence-electron chi connectivity index (χ1n) is 6.40. The van der Waals surface area contributed by atoms with Crippen LogP contribution in [0.15, 0.2) is 24.4 Å². The molecule has 1 aromatic heterocycles. The van der Waals surface area contributed by atoms with Crippen LogP contribution < -0.4 is 5.43 Å². The summed E-state index contributed by atoms with van der Waals surface area (Å²) >= 11 is 0. The summed E-state index contributed by atoms with van der Waals surface area (Å²) in [5.41, 5.74) is 2.98. The fraction of sp³-hybridized carbons (Fsp3) is 0.462. The fourth-order valence-electron chi connectivity index (χ4n) is 1.51. The summed E-state index contributed by atoms with van der Waals surface area (Å²) in [7, 11) is 0. The lowest BCUT2D eigenvalue weighted by Gasteiger charge is -2.27. The number of aromatic nitrogens is 1. The van der Waals surface area contributed by atoms with Gasteiger partial charge in [0.05, 0.1) is 24.9 Å². The maximum Gasteiger partial charge on any atom is 0.429 e. The molecule has 0 aliphatic carbocycles. The van der Waals surface area contributed by atoms with Gasteiger partial charge in [0.25, 0.3) is 0 Å². The van der Waals surface area contributed by atoms with Crippen molar-refractivity contribution in [2.45, 2.75) is 26.8 Å². The van der Waals surface area contributed by atoms with Crippen LogP contribution in [-0.2, 0) is 9.47 Å². The number of nitrogens with one attached hydrogen (secondary N) is 1. The number of carbonyl (C=O) groups excluding carboxylic acids is 2. The number of carbonyl (C=O) groups is 2. The Hall–Kier alpha value is -2.31. The van der Waals surface area contributed by atoms with Crippen molar-refractivity contribution in [3.05, 3.63) is 30.1 Å². The van der Waals surface area contributed by atoms with Crippen molar-refractivity contribution in [3.63, 3.8) is 0 Å². The van der Waals surface area contributed by atoms with Gasteiger partial charge in [-0.05, 0) is 32.9 Å². The minimum absolute atomic E-state index is 0.203. The molecule has 20 heavy (non-hydrogen) atoms. The van der Waals surface area contributed by atoms with E-state index in [0.717, 1.165) is 5.01 Å². The third kappa shape index (κ3) is 4.42. The molecule has 0 aliphatic heterocycles. The second-order valence-corrected chi connectivity index (χ2v) is 3.83. The van der Waals surface area contributed by atoms with Crippen LogP contribution in [0.5, 0.6) is 0 Å². The van der Waals surface area contributed by atoms with Gasteiger partial charge in [0.15, 0.2) is 0 Å². The Bertz CT molecular complexity index is 439. The van der Waals surface area contributed by atoms with Crippen LogP contribution >= 0.6 is 0 Å². The van der Waals surface area contributed by atoms with E-state index >= 15 is 0 Å². The summed E-state index contributed by atoms with van der Waals surface area (Å²) in [4.78, 5) is 27.6. The highest BCUT2D eigenvalue weighted by Crippen LogP contribution is 2.16. The number of ether oxygens (including phenoxy) is 2. The number of nitrogens with zero attached hydrogens (tertiary/aromatic N) is 2. The lowest BCUT2D eigenvalue weighted by atomic mass is 10.2. The van der Waals surface area contributed by atoms with E-state index < -0.39 is 18.2 Å². The molecule has 1 N–H and O–H groups in total. The topological polar surface area (TPSA) is 80.8 Å². The normalized spacial score (nSPS) is 11.3. The van der Waals surface area contributed by atoms with Crippen LogP contribution in [0.4, 0.5) is 9.59 Å². The SMILES string of the molecule is CCOC(=O)NN(C(=O)OCC)C(C)c1ccccn1. The Kier molecular flexibility index (Phi) is 6.28. The van der Waals surface area contributed by atoms with Crippen molar-refractivity contribution in [2.24, 2.45) is 0 Å². The quantitative estimate of drug-likeness (QED) is 0.856. The zero-order valence-electron chi connectivity index (χ0n) is 11.8. The van der Waals surface area contributed by atoms with E-state index in [-0.39, 0.29) is 13.2 Å². The zero-order valence-corrected chi connectivity index (χ0v) is 11.8. The molecule has 0 radical (unpaired) electrons. The first-order chi connectivity index (χ1) is 9.60. The minimum atomic E-state index is -0.719. The lowest BCUT2D eigenvalue weighted by molar-refractivity contribution is 0.0574. The maximum absolute atomic E-state index is 11.9. The Morgan fingerprint density at radius 2 is 2.00 bits per heavy atom. The largest absolute Gasteiger partial charge is 0.449 e. The van der Waals surface area contributed by atoms with Gasteiger partial charge in [-0.2, -0.15) is 0 Å². The van der Waals surface area contributed by atoms with E-state index in [1.165, 1.54) is 0 Å². The number of amides is 2. The molecule has 1 heterocycles. The molecular weight excluding hydrogens is 262 g/mol. The van der Waals surface area contributed by atoms with Crippen molar-refractivity contribution in [1.82, 2.24) is 15.4 Å². The van der Waals surface area contributed by atoms with E-state index in [1.54, 1.807) is 45.2 Å². The smallest absolute Gasteiger partial charge is 0.429 e. The molecule has 1 rings (SSSR count). The van der Waals surface area contributed by atoms with Crippen LogP contribution in [0.1, 0.15) is 32.5 Å². The third-order valence-corrected chi connectivity index (χ3v) is 2.45. The molecular formula is C13H19N3O4. The number of rotatable bonds is 4. The van der Waals surface area contributed by atoms with E-state index in [0.29, 0.717) is 5.69 Å². The molecule has 7 nitrogen and oxygen atoms in total. The zero-order chi connectivity index (χ0) is 15.0. The van der Waals surface area contributed by atoms with Gasteiger partial charge in [-0.1, -0.05) is 6.07 Å². The fourth-order valence-corrected chi connectivity index (χ4v) is 1.51. The highest BCUT2D eigenvalue weighted by molar-refractivity contribution is 5.74. The summed E-state index contributed by atoms with van der Waals surface area (Å²) in [6.45, 7) is 5.50. The predicted molar refractivity (Wildman–Crippen MR) is 71.7 cm³/mol. The van der Waals surface area contributed by atoms with Crippen LogP contribution in [0.2, 0.25) is 0 Å². The molecule has 0 spiro atoms. The molecule has 1 unspecified atom stereocenters. The van der Waals surface area contributed by atoms with E-state index in [1.807, 2.05) is 0 Å². The summed E-state index contributed by atoms with van der Waals surface area (Å²) in [5.74, 6) is 0. The summed E-state index contributed by atoms with van der Waals surface area (Å²) < 4.78 is 9.68. The molecule has 110 valence electrons. The number of hydrogen-bond acceptors (Lipinski definition) is 5. The third-order valence-electron chi connectivity index (χ3n) is 2.45. The molecule has 0 aromatic carbocycles. The second-order valence-electron chi connectivity index (χ2n) is 3.83. The van der Waals surface area contributed by atoms with Crippen LogP contribution in [0.25, 0.3) is 0 Å². The van der Waals surface area contributed by atoms with Crippen LogP contribution in [0, 0.1) is 0 Å². The van der Waals surface area contributed by atoms with Gasteiger partial charge in [-0.15, -0.1) is 0 Å². The van der Waals surface area contributed by atoms with E-state index in [2.05, 4.69) is 10.4 Å².